The first kappa shape index (κ1) is 12.9. The molecule has 0 bridgehead atoms. The lowest BCUT2D eigenvalue weighted by Crippen LogP contribution is -2.27. The van der Waals surface area contributed by atoms with E-state index in [9.17, 15) is 0 Å². The fourth-order valence-corrected chi connectivity index (χ4v) is 1.07. The Morgan fingerprint density at radius 2 is 2.08 bits per heavy atom. The normalized spacial score (nSPS) is 13.6. The molecule has 0 aromatic carbocycles. The predicted octanol–water partition coefficient (Wildman–Crippen LogP) is 0.953. The Hall–Kier alpha value is -0.120. The summed E-state index contributed by atoms with van der Waals surface area (Å²) in [7, 11) is 4.17. The highest BCUT2D eigenvalue weighted by atomic mass is 16.5. The van der Waals surface area contributed by atoms with Crippen LogP contribution in [0, 0.1) is 0 Å². The van der Waals surface area contributed by atoms with Crippen molar-refractivity contribution in [1.82, 2.24) is 10.2 Å². The summed E-state index contributed by atoms with van der Waals surface area (Å²) in [4.78, 5) is 2.18. The first-order chi connectivity index (χ1) is 6.16. The van der Waals surface area contributed by atoms with Gasteiger partial charge in [-0.2, -0.15) is 0 Å². The second-order valence-electron chi connectivity index (χ2n) is 3.65. The number of ether oxygens (including phenoxy) is 1. The van der Waals surface area contributed by atoms with Gasteiger partial charge in [-0.1, -0.05) is 6.92 Å². The zero-order valence-electron chi connectivity index (χ0n) is 9.47. The van der Waals surface area contributed by atoms with Crippen LogP contribution in [-0.2, 0) is 4.74 Å². The molecule has 3 heteroatoms. The average molecular weight is 188 g/mol. The summed E-state index contributed by atoms with van der Waals surface area (Å²) in [5.41, 5.74) is 0. The van der Waals surface area contributed by atoms with Crippen LogP contribution in [0.15, 0.2) is 0 Å². The van der Waals surface area contributed by atoms with Gasteiger partial charge in [0, 0.05) is 13.2 Å². The Bertz CT molecular complexity index is 107. The molecule has 1 atom stereocenters. The molecule has 13 heavy (non-hydrogen) atoms. The second kappa shape index (κ2) is 8.48. The predicted molar refractivity (Wildman–Crippen MR) is 57.1 cm³/mol. The van der Waals surface area contributed by atoms with E-state index in [0.29, 0.717) is 6.10 Å². The fraction of sp³-hybridized carbons (Fsp3) is 1.00. The summed E-state index contributed by atoms with van der Waals surface area (Å²) < 4.78 is 5.61. The molecule has 80 valence electrons. The van der Waals surface area contributed by atoms with E-state index in [1.54, 1.807) is 0 Å². The van der Waals surface area contributed by atoms with Crippen molar-refractivity contribution in [3.63, 3.8) is 0 Å². The van der Waals surface area contributed by atoms with Crippen LogP contribution in [0.2, 0.25) is 0 Å². The molecule has 0 saturated carbocycles. The third-order valence-electron chi connectivity index (χ3n) is 1.83. The maximum atomic E-state index is 5.61. The van der Waals surface area contributed by atoms with Crippen LogP contribution >= 0.6 is 0 Å². The molecular weight excluding hydrogens is 164 g/mol. The number of rotatable bonds is 8. The molecule has 0 aromatic rings. The van der Waals surface area contributed by atoms with Gasteiger partial charge in [0.15, 0.2) is 0 Å². The molecule has 0 spiro atoms. The van der Waals surface area contributed by atoms with Crippen molar-refractivity contribution in [2.75, 3.05) is 40.3 Å². The zero-order chi connectivity index (χ0) is 10.1. The largest absolute Gasteiger partial charge is 0.377 e. The fourth-order valence-electron chi connectivity index (χ4n) is 1.07. The lowest BCUT2D eigenvalue weighted by Gasteiger charge is -2.14. The molecule has 3 nitrogen and oxygen atoms in total. The topological polar surface area (TPSA) is 24.5 Å². The van der Waals surface area contributed by atoms with Crippen molar-refractivity contribution in [1.29, 1.82) is 0 Å². The summed E-state index contributed by atoms with van der Waals surface area (Å²) in [5.74, 6) is 0. The lowest BCUT2D eigenvalue weighted by atomic mass is 10.4. The number of hydrogen-bond acceptors (Lipinski definition) is 3. The number of nitrogens with zero attached hydrogens (tertiary/aromatic N) is 1. The number of hydrogen-bond donors (Lipinski definition) is 1. The molecule has 1 unspecified atom stereocenters. The Morgan fingerprint density at radius 1 is 1.38 bits per heavy atom. The molecule has 0 aliphatic heterocycles. The Morgan fingerprint density at radius 3 is 2.62 bits per heavy atom. The highest BCUT2D eigenvalue weighted by Gasteiger charge is 1.99. The van der Waals surface area contributed by atoms with E-state index in [2.05, 4.69) is 38.2 Å². The van der Waals surface area contributed by atoms with Crippen LogP contribution < -0.4 is 5.32 Å². The first-order valence-corrected chi connectivity index (χ1v) is 5.13. The smallest absolute Gasteiger partial charge is 0.0671 e. The van der Waals surface area contributed by atoms with Crippen LogP contribution in [0.5, 0.6) is 0 Å². The van der Waals surface area contributed by atoms with Gasteiger partial charge in [-0.25, -0.2) is 0 Å². The summed E-state index contributed by atoms with van der Waals surface area (Å²) in [5, 5.41) is 3.26. The Kier molecular flexibility index (Phi) is 8.40. The van der Waals surface area contributed by atoms with Gasteiger partial charge >= 0.3 is 0 Å². The monoisotopic (exact) mass is 188 g/mol. The van der Waals surface area contributed by atoms with Crippen molar-refractivity contribution in [3.05, 3.63) is 0 Å². The minimum absolute atomic E-state index is 0.335. The average Bonchev–Trinajstić information content (AvgIpc) is 2.08. The first-order valence-electron chi connectivity index (χ1n) is 5.13. The van der Waals surface area contributed by atoms with E-state index in [0.717, 1.165) is 32.7 Å². The van der Waals surface area contributed by atoms with Crippen molar-refractivity contribution < 1.29 is 4.74 Å². The maximum absolute atomic E-state index is 5.61. The van der Waals surface area contributed by atoms with E-state index in [4.69, 9.17) is 4.74 Å². The SMILES string of the molecule is CCNCC(C)OCCCN(C)C. The number of nitrogens with one attached hydrogen (secondary N) is 1. The van der Waals surface area contributed by atoms with Gasteiger partial charge in [-0.05, 0) is 40.5 Å². The van der Waals surface area contributed by atoms with Gasteiger partial charge < -0.3 is 15.0 Å². The Balaban J connectivity index is 3.12. The quantitative estimate of drug-likeness (QED) is 0.574. The van der Waals surface area contributed by atoms with Gasteiger partial charge in [0.1, 0.15) is 0 Å². The molecule has 0 saturated heterocycles. The lowest BCUT2D eigenvalue weighted by molar-refractivity contribution is 0.0614. The van der Waals surface area contributed by atoms with Crippen molar-refractivity contribution >= 4 is 0 Å². The van der Waals surface area contributed by atoms with Gasteiger partial charge in [0.05, 0.1) is 6.10 Å². The van der Waals surface area contributed by atoms with Crippen LogP contribution in [0.3, 0.4) is 0 Å². The van der Waals surface area contributed by atoms with E-state index < -0.39 is 0 Å². The van der Waals surface area contributed by atoms with E-state index >= 15 is 0 Å². The summed E-state index contributed by atoms with van der Waals surface area (Å²) >= 11 is 0. The zero-order valence-corrected chi connectivity index (χ0v) is 9.47. The van der Waals surface area contributed by atoms with Crippen LogP contribution in [0.1, 0.15) is 20.3 Å². The van der Waals surface area contributed by atoms with Gasteiger partial charge in [0.2, 0.25) is 0 Å². The van der Waals surface area contributed by atoms with E-state index in [1.165, 1.54) is 0 Å². The van der Waals surface area contributed by atoms with Crippen LogP contribution in [-0.4, -0.2) is 51.3 Å². The standard InChI is InChI=1S/C10H24N2O/c1-5-11-9-10(2)13-8-6-7-12(3)4/h10-11H,5-9H2,1-4H3. The van der Waals surface area contributed by atoms with Crippen molar-refractivity contribution in [2.45, 2.75) is 26.4 Å². The minimum atomic E-state index is 0.335. The third kappa shape index (κ3) is 9.80. The van der Waals surface area contributed by atoms with E-state index in [-0.39, 0.29) is 0 Å². The summed E-state index contributed by atoms with van der Waals surface area (Å²) in [6, 6.07) is 0. The molecule has 0 aliphatic rings. The van der Waals surface area contributed by atoms with Gasteiger partial charge in [-0.15, -0.1) is 0 Å². The van der Waals surface area contributed by atoms with Crippen molar-refractivity contribution in [2.24, 2.45) is 0 Å². The molecule has 0 heterocycles. The molecule has 0 aliphatic carbocycles. The van der Waals surface area contributed by atoms with Crippen LogP contribution in [0.4, 0.5) is 0 Å². The highest BCUT2D eigenvalue weighted by molar-refractivity contribution is 4.54. The number of likely N-dealkylation sites (N-methyl/N-ethyl adjacent to an activating group) is 1. The molecular formula is C10H24N2O. The van der Waals surface area contributed by atoms with Gasteiger partial charge in [0.25, 0.3) is 0 Å². The van der Waals surface area contributed by atoms with Gasteiger partial charge in [-0.3, -0.25) is 0 Å². The maximum Gasteiger partial charge on any atom is 0.0671 e. The summed E-state index contributed by atoms with van der Waals surface area (Å²) in [6.45, 7) is 8.17. The molecule has 0 amide bonds. The minimum Gasteiger partial charge on any atom is -0.377 e. The summed E-state index contributed by atoms with van der Waals surface area (Å²) in [6.07, 6.45) is 1.45. The Labute approximate surface area is 82.4 Å². The highest BCUT2D eigenvalue weighted by Crippen LogP contribution is 1.91. The molecule has 0 rings (SSSR count). The molecule has 0 radical (unpaired) electrons. The molecule has 0 fully saturated rings. The third-order valence-corrected chi connectivity index (χ3v) is 1.83. The second-order valence-corrected chi connectivity index (χ2v) is 3.65. The van der Waals surface area contributed by atoms with E-state index in [1.807, 2.05) is 0 Å². The molecule has 0 aromatic heterocycles. The van der Waals surface area contributed by atoms with Crippen molar-refractivity contribution in [3.8, 4) is 0 Å². The molecule has 1 N–H and O–H groups in total. The van der Waals surface area contributed by atoms with Crippen LogP contribution in [0.25, 0.3) is 0 Å².